The zero-order valence-corrected chi connectivity index (χ0v) is 15.9. The van der Waals surface area contributed by atoms with Crippen LogP contribution in [0.3, 0.4) is 0 Å². The van der Waals surface area contributed by atoms with Crippen molar-refractivity contribution in [2.24, 2.45) is 0 Å². The first kappa shape index (κ1) is 18.4. The van der Waals surface area contributed by atoms with Crippen LogP contribution in [0.5, 0.6) is 5.75 Å². The van der Waals surface area contributed by atoms with Gasteiger partial charge in [-0.3, -0.25) is 4.79 Å². The van der Waals surface area contributed by atoms with Gasteiger partial charge >= 0.3 is 0 Å². The molecule has 1 aliphatic rings. The van der Waals surface area contributed by atoms with Crippen LogP contribution in [0.25, 0.3) is 0 Å². The van der Waals surface area contributed by atoms with Crippen molar-refractivity contribution in [2.45, 2.75) is 19.1 Å². The Hall–Kier alpha value is -2.93. The topological polar surface area (TPSA) is 60.2 Å². The molecule has 6 nitrogen and oxygen atoms in total. The fraction of sp³-hybridized carbons (Fsp3) is 0.250. The van der Waals surface area contributed by atoms with E-state index in [0.29, 0.717) is 23.7 Å². The van der Waals surface area contributed by atoms with Crippen LogP contribution < -0.4 is 4.74 Å². The van der Waals surface area contributed by atoms with Crippen molar-refractivity contribution >= 4 is 17.5 Å². The highest BCUT2D eigenvalue weighted by molar-refractivity contribution is 6.31. The third-order valence-electron chi connectivity index (χ3n) is 4.64. The highest BCUT2D eigenvalue weighted by Crippen LogP contribution is 2.28. The van der Waals surface area contributed by atoms with E-state index in [4.69, 9.17) is 16.3 Å². The SMILES string of the molecule is CN(C[C@@H]1Cc2ccccc2O1)C(=O)c1cn(Cc2ccc(F)cc2Cl)nn1. The molecular formula is C20H18ClFN4O2. The van der Waals surface area contributed by atoms with Crippen molar-refractivity contribution in [1.29, 1.82) is 0 Å². The molecule has 0 saturated carbocycles. The molecule has 2 aromatic carbocycles. The Kier molecular flexibility index (Phi) is 5.00. The van der Waals surface area contributed by atoms with Crippen LogP contribution in [0.2, 0.25) is 5.02 Å². The normalized spacial score (nSPS) is 15.2. The standard InChI is InChI=1S/C20H18ClFN4O2/c1-25(11-16-8-13-4-2-3-5-19(13)28-16)20(27)18-12-26(24-23-18)10-14-6-7-15(22)9-17(14)21/h2-7,9,12,16H,8,10-11H2,1H3/t16-/m0/s1. The first-order valence-corrected chi connectivity index (χ1v) is 9.21. The summed E-state index contributed by atoms with van der Waals surface area (Å²) in [6.45, 7) is 0.744. The van der Waals surface area contributed by atoms with E-state index in [-0.39, 0.29) is 17.7 Å². The van der Waals surface area contributed by atoms with Crippen LogP contribution in [-0.4, -0.2) is 45.5 Å². The molecule has 4 rings (SSSR count). The van der Waals surface area contributed by atoms with E-state index >= 15 is 0 Å². The quantitative estimate of drug-likeness (QED) is 0.660. The van der Waals surface area contributed by atoms with Gasteiger partial charge in [0.2, 0.25) is 0 Å². The van der Waals surface area contributed by atoms with Gasteiger partial charge in [-0.1, -0.05) is 41.1 Å². The number of aromatic nitrogens is 3. The van der Waals surface area contributed by atoms with Crippen LogP contribution in [0, 0.1) is 5.82 Å². The summed E-state index contributed by atoms with van der Waals surface area (Å²) in [5.74, 6) is 0.229. The molecule has 0 N–H and O–H groups in total. The maximum absolute atomic E-state index is 13.2. The number of para-hydroxylation sites is 1. The molecule has 0 spiro atoms. The minimum absolute atomic E-state index is 0.0839. The van der Waals surface area contributed by atoms with Gasteiger partial charge in [-0.25, -0.2) is 9.07 Å². The minimum atomic E-state index is -0.402. The summed E-state index contributed by atoms with van der Waals surface area (Å²) < 4.78 is 20.6. The fourth-order valence-electron chi connectivity index (χ4n) is 3.24. The van der Waals surface area contributed by atoms with E-state index < -0.39 is 5.82 Å². The van der Waals surface area contributed by atoms with E-state index in [0.717, 1.165) is 17.7 Å². The number of carbonyl (C=O) groups is 1. The second-order valence-electron chi connectivity index (χ2n) is 6.77. The summed E-state index contributed by atoms with van der Waals surface area (Å²) in [4.78, 5) is 14.2. The Bertz CT molecular complexity index is 998. The van der Waals surface area contributed by atoms with Gasteiger partial charge in [0, 0.05) is 18.5 Å². The van der Waals surface area contributed by atoms with E-state index in [1.165, 1.54) is 16.8 Å². The summed E-state index contributed by atoms with van der Waals surface area (Å²) in [6.07, 6.45) is 2.24. The number of likely N-dealkylation sites (N-methyl/N-ethyl adjacent to an activating group) is 1. The van der Waals surface area contributed by atoms with E-state index in [9.17, 15) is 9.18 Å². The van der Waals surface area contributed by atoms with Gasteiger partial charge in [0.1, 0.15) is 17.7 Å². The number of carbonyl (C=O) groups excluding carboxylic acids is 1. The first-order valence-electron chi connectivity index (χ1n) is 8.83. The van der Waals surface area contributed by atoms with Crippen LogP contribution in [-0.2, 0) is 13.0 Å². The number of halogens is 2. The number of fused-ring (bicyclic) bond motifs is 1. The highest BCUT2D eigenvalue weighted by Gasteiger charge is 2.26. The summed E-state index contributed by atoms with van der Waals surface area (Å²) in [5, 5.41) is 8.24. The van der Waals surface area contributed by atoms with Crippen LogP contribution in [0.15, 0.2) is 48.7 Å². The maximum atomic E-state index is 13.2. The summed E-state index contributed by atoms with van der Waals surface area (Å²) in [7, 11) is 1.71. The van der Waals surface area contributed by atoms with Crippen molar-refractivity contribution in [1.82, 2.24) is 19.9 Å². The lowest BCUT2D eigenvalue weighted by Crippen LogP contribution is -2.36. The smallest absolute Gasteiger partial charge is 0.275 e. The largest absolute Gasteiger partial charge is 0.488 e. The Morgan fingerprint density at radius 2 is 2.18 bits per heavy atom. The number of hydrogen-bond donors (Lipinski definition) is 0. The third kappa shape index (κ3) is 3.84. The van der Waals surface area contributed by atoms with Crippen LogP contribution >= 0.6 is 11.6 Å². The molecule has 1 atom stereocenters. The van der Waals surface area contributed by atoms with Crippen LogP contribution in [0.4, 0.5) is 4.39 Å². The summed E-state index contributed by atoms with van der Waals surface area (Å²) >= 11 is 6.04. The van der Waals surface area contributed by atoms with Crippen molar-refractivity contribution in [3.8, 4) is 5.75 Å². The summed E-state index contributed by atoms with van der Waals surface area (Å²) in [5.41, 5.74) is 2.07. The molecule has 1 amide bonds. The van der Waals surface area contributed by atoms with Gasteiger partial charge in [-0.05, 0) is 29.3 Å². The molecule has 0 saturated heterocycles. The van der Waals surface area contributed by atoms with Gasteiger partial charge < -0.3 is 9.64 Å². The second-order valence-corrected chi connectivity index (χ2v) is 7.18. The van der Waals surface area contributed by atoms with Gasteiger partial charge in [-0.2, -0.15) is 0 Å². The number of benzene rings is 2. The lowest BCUT2D eigenvalue weighted by Gasteiger charge is -2.20. The number of nitrogens with zero attached hydrogens (tertiary/aromatic N) is 4. The molecule has 0 fully saturated rings. The molecule has 0 unspecified atom stereocenters. The summed E-state index contributed by atoms with van der Waals surface area (Å²) in [6, 6.07) is 12.0. The third-order valence-corrected chi connectivity index (χ3v) is 5.00. The fourth-order valence-corrected chi connectivity index (χ4v) is 3.46. The molecule has 8 heteroatoms. The molecule has 0 radical (unpaired) electrons. The number of amides is 1. The Balaban J connectivity index is 1.39. The molecular weight excluding hydrogens is 383 g/mol. The maximum Gasteiger partial charge on any atom is 0.275 e. The average Bonchev–Trinajstić information content (AvgIpc) is 3.29. The minimum Gasteiger partial charge on any atom is -0.488 e. The van der Waals surface area contributed by atoms with Gasteiger partial charge in [0.05, 0.1) is 19.3 Å². The molecule has 144 valence electrons. The average molecular weight is 401 g/mol. The molecule has 1 aromatic heterocycles. The van der Waals surface area contributed by atoms with Crippen molar-refractivity contribution in [3.05, 3.63) is 76.3 Å². The van der Waals surface area contributed by atoms with E-state index in [1.807, 2.05) is 24.3 Å². The Labute approximate surface area is 166 Å². The van der Waals surface area contributed by atoms with Crippen molar-refractivity contribution in [2.75, 3.05) is 13.6 Å². The van der Waals surface area contributed by atoms with E-state index in [1.54, 1.807) is 24.2 Å². The first-order chi connectivity index (χ1) is 13.5. The zero-order chi connectivity index (χ0) is 19.7. The second kappa shape index (κ2) is 7.59. The van der Waals surface area contributed by atoms with Crippen LogP contribution in [0.1, 0.15) is 21.6 Å². The molecule has 1 aliphatic heterocycles. The van der Waals surface area contributed by atoms with Gasteiger partial charge in [-0.15, -0.1) is 5.10 Å². The van der Waals surface area contributed by atoms with Crippen molar-refractivity contribution < 1.29 is 13.9 Å². The number of rotatable bonds is 5. The Morgan fingerprint density at radius 3 is 2.96 bits per heavy atom. The number of ether oxygens (including phenoxy) is 1. The monoisotopic (exact) mass is 400 g/mol. The molecule has 28 heavy (non-hydrogen) atoms. The van der Waals surface area contributed by atoms with Gasteiger partial charge in [0.15, 0.2) is 5.69 Å². The molecule has 0 bridgehead atoms. The predicted octanol–water partition coefficient (Wildman–Crippen LogP) is 3.19. The van der Waals surface area contributed by atoms with E-state index in [2.05, 4.69) is 10.3 Å². The lowest BCUT2D eigenvalue weighted by molar-refractivity contribution is 0.0724. The van der Waals surface area contributed by atoms with Gasteiger partial charge in [0.25, 0.3) is 5.91 Å². The lowest BCUT2D eigenvalue weighted by atomic mass is 10.1. The molecule has 3 aromatic rings. The Morgan fingerprint density at radius 1 is 1.36 bits per heavy atom. The highest BCUT2D eigenvalue weighted by atomic mass is 35.5. The predicted molar refractivity (Wildman–Crippen MR) is 102 cm³/mol. The number of hydrogen-bond acceptors (Lipinski definition) is 4. The van der Waals surface area contributed by atoms with Crippen molar-refractivity contribution in [3.63, 3.8) is 0 Å². The molecule has 0 aliphatic carbocycles. The zero-order valence-electron chi connectivity index (χ0n) is 15.2. The molecule has 2 heterocycles.